The molecule has 0 bridgehead atoms. The first-order valence-electron chi connectivity index (χ1n) is 17.1. The molecule has 0 aliphatic carbocycles. The van der Waals surface area contributed by atoms with Crippen molar-refractivity contribution in [3.8, 4) is 23.0 Å². The van der Waals surface area contributed by atoms with E-state index in [9.17, 15) is 18.0 Å². The standard InChI is InChI=1S/C36H43F3N6O3/c1-4-24-21-43(28-12-13-29(47-3)42-31(28)36(37,38)39)20-16-35(24)23-44(22-34-14-7-18-45(34)19-8-15-34)33(46)30-26(35)10-11-27(41-30)25-9-6-17-40-32(25)48-5-2/h6,9-13,17,24H,4-5,7-8,14-16,18-23H2,1-3H3. The minimum atomic E-state index is -4.64. The quantitative estimate of drug-likeness (QED) is 0.281. The summed E-state index contributed by atoms with van der Waals surface area (Å²) in [6.45, 7) is 8.47. The summed E-state index contributed by atoms with van der Waals surface area (Å²) in [6.07, 6.45) is 2.70. The number of aromatic nitrogens is 3. The second-order valence-corrected chi connectivity index (χ2v) is 13.6. The van der Waals surface area contributed by atoms with Crippen LogP contribution in [0.25, 0.3) is 11.3 Å². The van der Waals surface area contributed by atoms with Gasteiger partial charge in [-0.15, -0.1) is 0 Å². The van der Waals surface area contributed by atoms with E-state index in [-0.39, 0.29) is 28.9 Å². The van der Waals surface area contributed by atoms with Crippen LogP contribution in [0.15, 0.2) is 42.6 Å². The van der Waals surface area contributed by atoms with Gasteiger partial charge in [0.05, 0.1) is 30.7 Å². The number of pyridine rings is 3. The first-order valence-corrected chi connectivity index (χ1v) is 17.1. The Labute approximate surface area is 279 Å². The number of rotatable bonds is 8. The molecule has 3 aromatic rings. The number of methoxy groups -OCH3 is 1. The third-order valence-corrected chi connectivity index (χ3v) is 11.2. The molecule has 0 radical (unpaired) electrons. The Kier molecular flexibility index (Phi) is 8.50. The molecule has 3 fully saturated rings. The summed E-state index contributed by atoms with van der Waals surface area (Å²) in [5, 5.41) is 0. The summed E-state index contributed by atoms with van der Waals surface area (Å²) in [7, 11) is 1.31. The largest absolute Gasteiger partial charge is 0.481 e. The Morgan fingerprint density at radius 3 is 2.50 bits per heavy atom. The van der Waals surface area contributed by atoms with Gasteiger partial charge in [0, 0.05) is 49.4 Å². The van der Waals surface area contributed by atoms with E-state index in [0.717, 1.165) is 50.8 Å². The van der Waals surface area contributed by atoms with Crippen LogP contribution in [0.5, 0.6) is 11.8 Å². The fourth-order valence-corrected chi connectivity index (χ4v) is 9.01. The average Bonchev–Trinajstić information content (AvgIpc) is 3.67. The third kappa shape index (κ3) is 5.45. The van der Waals surface area contributed by atoms with Gasteiger partial charge >= 0.3 is 6.18 Å². The van der Waals surface area contributed by atoms with Crippen molar-refractivity contribution in [1.82, 2.24) is 24.8 Å². The Balaban J connectivity index is 1.30. The monoisotopic (exact) mass is 664 g/mol. The van der Waals surface area contributed by atoms with Gasteiger partial charge in [0.15, 0.2) is 5.69 Å². The SMILES string of the molecule is CCOc1ncccc1-c1ccc2c(n1)C(=O)N(CC13CCCN1CCC3)CC21CCN(c2ccc(OC)nc2C(F)(F)F)CC1CC. The Hall–Kier alpha value is -3.93. The molecule has 256 valence electrons. The molecule has 0 N–H and O–H groups in total. The number of hydrogen-bond donors (Lipinski definition) is 0. The highest BCUT2D eigenvalue weighted by molar-refractivity contribution is 5.96. The van der Waals surface area contributed by atoms with Crippen LogP contribution in [-0.2, 0) is 11.6 Å². The number of nitrogens with zero attached hydrogens (tertiary/aromatic N) is 6. The first-order chi connectivity index (χ1) is 23.1. The van der Waals surface area contributed by atoms with E-state index in [1.54, 1.807) is 6.20 Å². The van der Waals surface area contributed by atoms with Gasteiger partial charge in [-0.05, 0) is 87.9 Å². The summed E-state index contributed by atoms with van der Waals surface area (Å²) in [4.78, 5) is 34.3. The number of fused-ring (bicyclic) bond motifs is 3. The Bertz CT molecular complexity index is 1670. The van der Waals surface area contributed by atoms with Crippen LogP contribution < -0.4 is 14.4 Å². The lowest BCUT2D eigenvalue weighted by Gasteiger charge is -2.54. The number of ether oxygens (including phenoxy) is 2. The first kappa shape index (κ1) is 32.6. The third-order valence-electron chi connectivity index (χ3n) is 11.2. The van der Waals surface area contributed by atoms with E-state index in [2.05, 4.69) is 21.8 Å². The number of hydrogen-bond acceptors (Lipinski definition) is 8. The molecule has 1 spiro atoms. The van der Waals surface area contributed by atoms with Gasteiger partial charge in [-0.1, -0.05) is 19.4 Å². The molecule has 48 heavy (non-hydrogen) atoms. The van der Waals surface area contributed by atoms with Crippen LogP contribution in [0, 0.1) is 5.92 Å². The molecule has 3 saturated heterocycles. The van der Waals surface area contributed by atoms with Crippen LogP contribution in [-0.4, -0.2) is 89.2 Å². The molecule has 3 aromatic heterocycles. The maximum absolute atomic E-state index is 14.5. The molecule has 0 saturated carbocycles. The lowest BCUT2D eigenvalue weighted by molar-refractivity contribution is -0.140. The maximum Gasteiger partial charge on any atom is 0.435 e. The second kappa shape index (κ2) is 12.5. The summed E-state index contributed by atoms with van der Waals surface area (Å²) >= 11 is 0. The maximum atomic E-state index is 14.5. The Morgan fingerprint density at radius 2 is 1.79 bits per heavy atom. The van der Waals surface area contributed by atoms with Gasteiger partial charge in [0.2, 0.25) is 11.8 Å². The van der Waals surface area contributed by atoms with Gasteiger partial charge in [-0.2, -0.15) is 13.2 Å². The molecule has 4 aliphatic heterocycles. The van der Waals surface area contributed by atoms with Crippen molar-refractivity contribution in [1.29, 1.82) is 0 Å². The number of anilines is 1. The van der Waals surface area contributed by atoms with E-state index in [4.69, 9.17) is 14.5 Å². The summed E-state index contributed by atoms with van der Waals surface area (Å²) in [6, 6.07) is 10.6. The fraction of sp³-hybridized carbons (Fsp3) is 0.556. The predicted octanol–water partition coefficient (Wildman–Crippen LogP) is 6.22. The number of piperidine rings is 1. The van der Waals surface area contributed by atoms with Gasteiger partial charge < -0.3 is 19.3 Å². The summed E-state index contributed by atoms with van der Waals surface area (Å²) in [5.41, 5.74) is 1.25. The van der Waals surface area contributed by atoms with Gasteiger partial charge in [-0.25, -0.2) is 15.0 Å². The fourth-order valence-electron chi connectivity index (χ4n) is 9.01. The smallest absolute Gasteiger partial charge is 0.435 e. The van der Waals surface area contributed by atoms with E-state index >= 15 is 0 Å². The molecular formula is C36H43F3N6O3. The van der Waals surface area contributed by atoms with Gasteiger partial charge in [0.1, 0.15) is 5.69 Å². The lowest BCUT2D eigenvalue weighted by atomic mass is 9.62. The normalized spacial score (nSPS) is 23.8. The minimum absolute atomic E-state index is 0.0315. The van der Waals surface area contributed by atoms with E-state index in [0.29, 0.717) is 62.0 Å². The highest BCUT2D eigenvalue weighted by Crippen LogP contribution is 2.50. The highest BCUT2D eigenvalue weighted by atomic mass is 19.4. The number of carbonyl (C=O) groups excluding carboxylic acids is 1. The number of amides is 1. The van der Waals surface area contributed by atoms with Crippen LogP contribution in [0.2, 0.25) is 0 Å². The van der Waals surface area contributed by atoms with Crippen LogP contribution >= 0.6 is 0 Å². The zero-order valence-electron chi connectivity index (χ0n) is 27.9. The van der Waals surface area contributed by atoms with E-state index in [1.165, 1.54) is 19.2 Å². The van der Waals surface area contributed by atoms with Crippen molar-refractivity contribution in [3.05, 3.63) is 59.5 Å². The topological polar surface area (TPSA) is 83.9 Å². The molecule has 7 rings (SSSR count). The van der Waals surface area contributed by atoms with Crippen molar-refractivity contribution in [2.24, 2.45) is 5.92 Å². The molecule has 0 aromatic carbocycles. The zero-order valence-corrected chi connectivity index (χ0v) is 27.9. The Morgan fingerprint density at radius 1 is 1.00 bits per heavy atom. The van der Waals surface area contributed by atoms with Crippen molar-refractivity contribution >= 4 is 11.6 Å². The number of carbonyl (C=O) groups is 1. The molecule has 12 heteroatoms. The van der Waals surface area contributed by atoms with E-state index in [1.807, 2.05) is 41.0 Å². The number of alkyl halides is 3. The van der Waals surface area contributed by atoms with E-state index < -0.39 is 17.3 Å². The average molecular weight is 665 g/mol. The van der Waals surface area contributed by atoms with Crippen molar-refractivity contribution in [2.75, 3.05) is 57.9 Å². The molecular weight excluding hydrogens is 621 g/mol. The highest BCUT2D eigenvalue weighted by Gasteiger charge is 2.54. The lowest BCUT2D eigenvalue weighted by Crippen LogP contribution is -2.62. The molecule has 7 heterocycles. The van der Waals surface area contributed by atoms with Crippen molar-refractivity contribution in [2.45, 2.75) is 69.5 Å². The molecule has 1 amide bonds. The predicted molar refractivity (Wildman–Crippen MR) is 175 cm³/mol. The summed E-state index contributed by atoms with van der Waals surface area (Å²) in [5.74, 6) is 0.261. The minimum Gasteiger partial charge on any atom is -0.481 e. The molecule has 9 nitrogen and oxygen atoms in total. The zero-order chi connectivity index (χ0) is 33.7. The summed E-state index contributed by atoms with van der Waals surface area (Å²) < 4.78 is 53.7. The number of halogens is 3. The second-order valence-electron chi connectivity index (χ2n) is 13.6. The van der Waals surface area contributed by atoms with Crippen LogP contribution in [0.4, 0.5) is 18.9 Å². The molecule has 4 aliphatic rings. The van der Waals surface area contributed by atoms with Crippen LogP contribution in [0.3, 0.4) is 0 Å². The van der Waals surface area contributed by atoms with Gasteiger partial charge in [0.25, 0.3) is 5.91 Å². The molecule has 2 atom stereocenters. The van der Waals surface area contributed by atoms with Crippen LogP contribution in [0.1, 0.15) is 74.1 Å². The van der Waals surface area contributed by atoms with Crippen molar-refractivity contribution in [3.63, 3.8) is 0 Å². The molecule has 2 unspecified atom stereocenters. The van der Waals surface area contributed by atoms with Crippen molar-refractivity contribution < 1.29 is 27.4 Å². The van der Waals surface area contributed by atoms with Gasteiger partial charge in [-0.3, -0.25) is 9.69 Å².